The fourth-order valence-corrected chi connectivity index (χ4v) is 6.46. The summed E-state index contributed by atoms with van der Waals surface area (Å²) in [5.41, 5.74) is 1.05. The van der Waals surface area contributed by atoms with E-state index in [9.17, 15) is 18.0 Å². The Bertz CT molecular complexity index is 1010. The van der Waals surface area contributed by atoms with Crippen molar-refractivity contribution >= 4 is 22.0 Å². The number of hydrogen-bond donors (Lipinski definition) is 1. The molecule has 0 spiro atoms. The normalized spacial score (nSPS) is 28.1. The van der Waals surface area contributed by atoms with E-state index >= 15 is 0 Å². The molecule has 3 amide bonds. The molecule has 9 heteroatoms. The minimum Gasteiger partial charge on any atom is -0.316 e. The van der Waals surface area contributed by atoms with Crippen molar-refractivity contribution in [3.63, 3.8) is 0 Å². The molecule has 8 nitrogen and oxygen atoms in total. The summed E-state index contributed by atoms with van der Waals surface area (Å²) < 4.78 is 28.5. The summed E-state index contributed by atoms with van der Waals surface area (Å²) in [6.07, 6.45) is 2.77. The third-order valence-electron chi connectivity index (χ3n) is 6.61. The van der Waals surface area contributed by atoms with Crippen LogP contribution in [0.15, 0.2) is 24.3 Å². The molecule has 1 aliphatic heterocycles. The van der Waals surface area contributed by atoms with Gasteiger partial charge in [-0.3, -0.25) is 9.69 Å². The zero-order valence-electron chi connectivity index (χ0n) is 17.2. The summed E-state index contributed by atoms with van der Waals surface area (Å²) in [5.74, 6) is -0.841. The number of rotatable bonds is 5. The molecule has 3 atom stereocenters. The summed E-state index contributed by atoms with van der Waals surface area (Å²) in [6, 6.07) is 8.38. The number of imide groups is 1. The van der Waals surface area contributed by atoms with Gasteiger partial charge in [0.15, 0.2) is 0 Å². The first-order valence-electron chi connectivity index (χ1n) is 10.2. The molecule has 3 aliphatic rings. The average molecular weight is 431 g/mol. The second-order valence-corrected chi connectivity index (χ2v) is 10.9. The molecule has 1 aromatic carbocycles. The molecule has 1 heterocycles. The summed E-state index contributed by atoms with van der Waals surface area (Å²) in [7, 11) is -2.07. The number of nitriles is 1. The van der Waals surface area contributed by atoms with Crippen molar-refractivity contribution in [2.45, 2.75) is 62.4 Å². The van der Waals surface area contributed by atoms with E-state index in [1.807, 2.05) is 6.92 Å². The Morgan fingerprint density at radius 3 is 2.47 bits per heavy atom. The predicted molar refractivity (Wildman–Crippen MR) is 109 cm³/mol. The lowest BCUT2D eigenvalue weighted by Gasteiger charge is -2.47. The first kappa shape index (κ1) is 20.8. The minimum absolute atomic E-state index is 0.219. The lowest BCUT2D eigenvalue weighted by Crippen LogP contribution is -2.62. The van der Waals surface area contributed by atoms with Crippen LogP contribution in [-0.2, 0) is 21.4 Å². The topological polar surface area (TPSA) is 111 Å². The monoisotopic (exact) mass is 430 g/mol. The van der Waals surface area contributed by atoms with Gasteiger partial charge in [0, 0.05) is 25.2 Å². The molecule has 3 unspecified atom stereocenters. The second kappa shape index (κ2) is 7.36. The Kier molecular flexibility index (Phi) is 5.11. The molecule has 160 valence electrons. The van der Waals surface area contributed by atoms with Crippen LogP contribution in [0.2, 0.25) is 0 Å². The summed E-state index contributed by atoms with van der Waals surface area (Å²) >= 11 is 0. The van der Waals surface area contributed by atoms with Gasteiger partial charge in [-0.2, -0.15) is 5.26 Å². The van der Waals surface area contributed by atoms with Gasteiger partial charge in [0.2, 0.25) is 15.9 Å². The molecule has 1 aromatic rings. The van der Waals surface area contributed by atoms with E-state index in [0.717, 1.165) is 23.3 Å². The lowest BCUT2D eigenvalue weighted by atomic mass is 9.80. The van der Waals surface area contributed by atoms with Gasteiger partial charge in [-0.1, -0.05) is 12.1 Å². The molecule has 4 rings (SSSR count). The molecular weight excluding hydrogens is 404 g/mol. The number of benzene rings is 1. The zero-order chi connectivity index (χ0) is 21.7. The van der Waals surface area contributed by atoms with E-state index in [2.05, 4.69) is 10.8 Å². The zero-order valence-corrected chi connectivity index (χ0v) is 18.0. The van der Waals surface area contributed by atoms with Crippen molar-refractivity contribution in [2.24, 2.45) is 5.92 Å². The summed E-state index contributed by atoms with van der Waals surface area (Å²) in [6.45, 7) is 2.21. The van der Waals surface area contributed by atoms with Crippen LogP contribution in [0.25, 0.3) is 0 Å². The molecule has 0 bridgehead atoms. The molecular formula is C21H26N4O4S. The van der Waals surface area contributed by atoms with Crippen molar-refractivity contribution < 1.29 is 18.0 Å². The van der Waals surface area contributed by atoms with Gasteiger partial charge >= 0.3 is 6.03 Å². The van der Waals surface area contributed by atoms with Crippen LogP contribution in [0, 0.1) is 17.2 Å². The number of nitrogens with one attached hydrogen (secondary N) is 1. The van der Waals surface area contributed by atoms with Crippen LogP contribution in [0.4, 0.5) is 4.79 Å². The maximum atomic E-state index is 12.9. The van der Waals surface area contributed by atoms with Crippen LogP contribution in [0.5, 0.6) is 0 Å². The van der Waals surface area contributed by atoms with Gasteiger partial charge in [0.05, 0.1) is 22.8 Å². The molecule has 2 saturated carbocycles. The number of carbonyl (C=O) groups excluding carboxylic acids is 2. The first-order valence-corrected chi connectivity index (χ1v) is 11.8. The number of nitrogens with zero attached hydrogens (tertiary/aromatic N) is 3. The fourth-order valence-electron chi connectivity index (χ4n) is 4.50. The van der Waals surface area contributed by atoms with E-state index in [1.54, 1.807) is 29.2 Å². The minimum atomic E-state index is -3.52. The number of hydrogen-bond acceptors (Lipinski definition) is 5. The van der Waals surface area contributed by atoms with Crippen molar-refractivity contribution in [1.29, 1.82) is 5.26 Å². The fraction of sp³-hybridized carbons (Fsp3) is 0.571. The van der Waals surface area contributed by atoms with E-state index in [1.165, 1.54) is 7.05 Å². The highest BCUT2D eigenvalue weighted by Crippen LogP contribution is 2.40. The first-order chi connectivity index (χ1) is 14.1. The highest BCUT2D eigenvalue weighted by atomic mass is 32.2. The van der Waals surface area contributed by atoms with Crippen LogP contribution in [0.1, 0.15) is 50.2 Å². The Hall–Kier alpha value is -2.44. The third-order valence-corrected chi connectivity index (χ3v) is 8.69. The third kappa shape index (κ3) is 3.82. The van der Waals surface area contributed by atoms with Gasteiger partial charge in [0.25, 0.3) is 0 Å². The van der Waals surface area contributed by atoms with Gasteiger partial charge in [-0.05, 0) is 56.7 Å². The van der Waals surface area contributed by atoms with Gasteiger partial charge < -0.3 is 4.90 Å². The lowest BCUT2D eigenvalue weighted by molar-refractivity contribution is -0.139. The summed E-state index contributed by atoms with van der Waals surface area (Å²) in [4.78, 5) is 28.5. The summed E-state index contributed by atoms with van der Waals surface area (Å²) in [5, 5.41) is 8.34. The smallest absolute Gasteiger partial charge is 0.316 e. The Balaban J connectivity index is 1.54. The quantitative estimate of drug-likeness (QED) is 0.768. The van der Waals surface area contributed by atoms with Crippen LogP contribution < -0.4 is 4.72 Å². The van der Waals surface area contributed by atoms with Gasteiger partial charge in [-0.25, -0.2) is 17.9 Å². The molecule has 2 aliphatic carbocycles. The van der Waals surface area contributed by atoms with Crippen molar-refractivity contribution in [3.8, 4) is 6.07 Å². The molecule has 30 heavy (non-hydrogen) atoms. The SMILES string of the molecule is CN1C(=O)C2CC(S(=O)(=O)NC3(C)CC3)CCC2N(Cc2ccc(C#N)cc2)C1=O. The largest absolute Gasteiger partial charge is 0.327 e. The molecule has 0 radical (unpaired) electrons. The standard InChI is InChI=1S/C21H26N4O4S/c1-21(9-10-21)23-30(28,29)16-7-8-18-17(11-16)19(26)24(2)20(27)25(18)13-15-5-3-14(12-22)4-6-15/h3-6,16-18,23H,7-11,13H2,1-2H3. The molecule has 1 saturated heterocycles. The molecule has 0 aromatic heterocycles. The van der Waals surface area contributed by atoms with Crippen LogP contribution in [0.3, 0.4) is 0 Å². The van der Waals surface area contributed by atoms with E-state index in [4.69, 9.17) is 5.26 Å². The number of fused-ring (bicyclic) bond motifs is 1. The maximum absolute atomic E-state index is 12.9. The molecule has 3 fully saturated rings. The van der Waals surface area contributed by atoms with E-state index < -0.39 is 21.2 Å². The van der Waals surface area contributed by atoms with Gasteiger partial charge in [-0.15, -0.1) is 0 Å². The van der Waals surface area contributed by atoms with Crippen LogP contribution >= 0.6 is 0 Å². The van der Waals surface area contributed by atoms with Crippen molar-refractivity contribution in [1.82, 2.24) is 14.5 Å². The van der Waals surface area contributed by atoms with E-state index in [0.29, 0.717) is 24.9 Å². The van der Waals surface area contributed by atoms with Gasteiger partial charge in [0.1, 0.15) is 0 Å². The average Bonchev–Trinajstić information content (AvgIpc) is 3.45. The Morgan fingerprint density at radius 2 is 1.87 bits per heavy atom. The maximum Gasteiger partial charge on any atom is 0.327 e. The highest BCUT2D eigenvalue weighted by Gasteiger charge is 2.51. The number of carbonyl (C=O) groups is 2. The van der Waals surface area contributed by atoms with Crippen LogP contribution in [-0.4, -0.2) is 54.0 Å². The predicted octanol–water partition coefficient (Wildman–Crippen LogP) is 1.96. The van der Waals surface area contributed by atoms with Crippen molar-refractivity contribution in [2.75, 3.05) is 7.05 Å². The Morgan fingerprint density at radius 1 is 1.20 bits per heavy atom. The highest BCUT2D eigenvalue weighted by molar-refractivity contribution is 7.90. The number of sulfonamides is 1. The van der Waals surface area contributed by atoms with Crippen molar-refractivity contribution in [3.05, 3.63) is 35.4 Å². The Labute approximate surface area is 176 Å². The number of amides is 3. The number of urea groups is 1. The molecule has 1 N–H and O–H groups in total. The van der Waals surface area contributed by atoms with E-state index in [-0.39, 0.29) is 29.9 Å². The second-order valence-electron chi connectivity index (χ2n) is 8.93.